The Morgan fingerprint density at radius 2 is 1.96 bits per heavy atom. The zero-order valence-corrected chi connectivity index (χ0v) is 15.0. The lowest BCUT2D eigenvalue weighted by Crippen LogP contribution is -2.38. The van der Waals surface area contributed by atoms with Crippen LogP contribution in [0, 0.1) is 0 Å². The van der Waals surface area contributed by atoms with Gasteiger partial charge >= 0.3 is 6.03 Å². The molecule has 2 amide bonds. The molecule has 7 nitrogen and oxygen atoms in total. The molecule has 0 aliphatic rings. The fourth-order valence-corrected chi connectivity index (χ4v) is 2.62. The Morgan fingerprint density at radius 3 is 2.65 bits per heavy atom. The summed E-state index contributed by atoms with van der Waals surface area (Å²) in [6.07, 6.45) is 1.59. The maximum absolute atomic E-state index is 12.5. The van der Waals surface area contributed by atoms with E-state index in [1.54, 1.807) is 38.4 Å². The van der Waals surface area contributed by atoms with Crippen LogP contribution in [0.25, 0.3) is 11.3 Å². The molecule has 7 heteroatoms. The molecule has 0 aliphatic heterocycles. The van der Waals surface area contributed by atoms with Crippen molar-refractivity contribution in [3.05, 3.63) is 60.2 Å². The Bertz CT molecular complexity index is 855. The van der Waals surface area contributed by atoms with Crippen molar-refractivity contribution in [2.24, 2.45) is 0 Å². The highest BCUT2D eigenvalue weighted by molar-refractivity contribution is 5.74. The summed E-state index contributed by atoms with van der Waals surface area (Å²) in [5.41, 5.74) is 1.46. The molecule has 0 N–H and O–H groups in total. The minimum atomic E-state index is -0.136. The lowest BCUT2D eigenvalue weighted by molar-refractivity contribution is 0.159. The van der Waals surface area contributed by atoms with Crippen LogP contribution in [0.4, 0.5) is 4.79 Å². The first-order valence-corrected chi connectivity index (χ1v) is 8.16. The predicted octanol–water partition coefficient (Wildman–Crippen LogP) is 3.63. The lowest BCUT2D eigenvalue weighted by atomic mass is 10.1. The molecule has 0 aliphatic carbocycles. The van der Waals surface area contributed by atoms with Crippen LogP contribution in [-0.2, 0) is 13.1 Å². The second-order valence-electron chi connectivity index (χ2n) is 6.00. The van der Waals surface area contributed by atoms with Crippen molar-refractivity contribution in [1.29, 1.82) is 0 Å². The highest BCUT2D eigenvalue weighted by Crippen LogP contribution is 2.30. The number of urea groups is 1. The number of benzene rings is 1. The first-order chi connectivity index (χ1) is 12.6. The highest BCUT2D eigenvalue weighted by atomic mass is 16.5. The number of para-hydroxylation sites is 1. The summed E-state index contributed by atoms with van der Waals surface area (Å²) in [6, 6.07) is 12.9. The molecule has 0 radical (unpaired) electrons. The van der Waals surface area contributed by atoms with Gasteiger partial charge in [0.25, 0.3) is 0 Å². The van der Waals surface area contributed by atoms with E-state index < -0.39 is 0 Å². The van der Waals surface area contributed by atoms with Gasteiger partial charge in [0.2, 0.25) is 0 Å². The molecule has 0 spiro atoms. The van der Waals surface area contributed by atoms with Gasteiger partial charge in [-0.2, -0.15) is 0 Å². The molecule has 26 heavy (non-hydrogen) atoms. The van der Waals surface area contributed by atoms with E-state index in [4.69, 9.17) is 13.7 Å². The molecule has 0 atom stereocenters. The molecular weight excluding hydrogens is 334 g/mol. The van der Waals surface area contributed by atoms with Crippen molar-refractivity contribution < 1.29 is 18.5 Å². The normalized spacial score (nSPS) is 10.6. The standard InChI is InChI=1S/C19H21N3O4/c1-21(2)19(23)22(13-15-7-6-10-25-15)12-14-11-18(26-20-14)16-8-4-5-9-17(16)24-3/h4-11H,12-13H2,1-3H3. The Kier molecular flexibility index (Phi) is 5.26. The monoisotopic (exact) mass is 355 g/mol. The SMILES string of the molecule is COc1ccccc1-c1cc(CN(Cc2ccco2)C(=O)N(C)C)no1. The minimum absolute atomic E-state index is 0.136. The number of furan rings is 1. The van der Waals surface area contributed by atoms with Crippen molar-refractivity contribution >= 4 is 6.03 Å². The van der Waals surface area contributed by atoms with Crippen molar-refractivity contribution in [1.82, 2.24) is 15.0 Å². The van der Waals surface area contributed by atoms with Crippen LogP contribution in [0.5, 0.6) is 5.75 Å². The molecule has 0 saturated heterocycles. The molecule has 136 valence electrons. The lowest BCUT2D eigenvalue weighted by Gasteiger charge is -2.24. The maximum atomic E-state index is 12.5. The highest BCUT2D eigenvalue weighted by Gasteiger charge is 2.20. The van der Waals surface area contributed by atoms with E-state index in [1.165, 1.54) is 4.90 Å². The number of amides is 2. The van der Waals surface area contributed by atoms with Crippen LogP contribution in [0.3, 0.4) is 0 Å². The van der Waals surface area contributed by atoms with E-state index in [9.17, 15) is 4.79 Å². The molecule has 0 saturated carbocycles. The largest absolute Gasteiger partial charge is 0.496 e. The first kappa shape index (κ1) is 17.6. The molecule has 1 aromatic carbocycles. The minimum Gasteiger partial charge on any atom is -0.496 e. The zero-order valence-electron chi connectivity index (χ0n) is 15.0. The summed E-state index contributed by atoms with van der Waals surface area (Å²) < 4.78 is 16.2. The van der Waals surface area contributed by atoms with Crippen LogP contribution in [0.1, 0.15) is 11.5 Å². The van der Waals surface area contributed by atoms with Gasteiger partial charge in [0.1, 0.15) is 17.2 Å². The molecule has 2 aromatic heterocycles. The van der Waals surface area contributed by atoms with E-state index in [0.717, 1.165) is 5.56 Å². The van der Waals surface area contributed by atoms with Crippen molar-refractivity contribution in [3.8, 4) is 17.1 Å². The summed E-state index contributed by atoms with van der Waals surface area (Å²) in [4.78, 5) is 15.6. The van der Waals surface area contributed by atoms with Gasteiger partial charge in [-0.1, -0.05) is 17.3 Å². The van der Waals surface area contributed by atoms with Gasteiger partial charge in [-0.05, 0) is 24.3 Å². The van der Waals surface area contributed by atoms with Crippen LogP contribution < -0.4 is 4.74 Å². The van der Waals surface area contributed by atoms with Crippen molar-refractivity contribution in [2.45, 2.75) is 13.1 Å². The number of hydrogen-bond acceptors (Lipinski definition) is 5. The van der Waals surface area contributed by atoms with Crippen LogP contribution >= 0.6 is 0 Å². The first-order valence-electron chi connectivity index (χ1n) is 8.16. The number of ether oxygens (including phenoxy) is 1. The number of methoxy groups -OCH3 is 1. The third-order valence-corrected chi connectivity index (χ3v) is 3.86. The number of nitrogens with zero attached hydrogens (tertiary/aromatic N) is 3. The summed E-state index contributed by atoms with van der Waals surface area (Å²) in [6.45, 7) is 0.650. The van der Waals surface area contributed by atoms with Crippen LogP contribution in [-0.4, -0.2) is 42.2 Å². The van der Waals surface area contributed by atoms with Crippen molar-refractivity contribution in [2.75, 3.05) is 21.2 Å². The van der Waals surface area contributed by atoms with E-state index in [2.05, 4.69) is 5.16 Å². The fraction of sp³-hybridized carbons (Fsp3) is 0.263. The number of carbonyl (C=O) groups excluding carboxylic acids is 1. The van der Waals surface area contributed by atoms with E-state index in [0.29, 0.717) is 36.1 Å². The van der Waals surface area contributed by atoms with E-state index in [-0.39, 0.29) is 6.03 Å². The third-order valence-electron chi connectivity index (χ3n) is 3.86. The summed E-state index contributed by atoms with van der Waals surface area (Å²) in [7, 11) is 5.03. The van der Waals surface area contributed by atoms with Gasteiger partial charge in [-0.15, -0.1) is 0 Å². The summed E-state index contributed by atoms with van der Waals surface area (Å²) in [5.74, 6) is 1.99. The topological polar surface area (TPSA) is 72.0 Å². The number of aromatic nitrogens is 1. The second kappa shape index (κ2) is 7.77. The van der Waals surface area contributed by atoms with Gasteiger partial charge < -0.3 is 23.5 Å². The Morgan fingerprint density at radius 1 is 1.15 bits per heavy atom. The maximum Gasteiger partial charge on any atom is 0.320 e. The fourth-order valence-electron chi connectivity index (χ4n) is 2.62. The number of carbonyl (C=O) groups is 1. The quantitative estimate of drug-likeness (QED) is 0.675. The number of rotatable bonds is 6. The average molecular weight is 355 g/mol. The van der Waals surface area contributed by atoms with Gasteiger partial charge in [0, 0.05) is 20.2 Å². The molecule has 0 fully saturated rings. The molecular formula is C19H21N3O4. The van der Waals surface area contributed by atoms with E-state index >= 15 is 0 Å². The van der Waals surface area contributed by atoms with Crippen LogP contribution in [0.2, 0.25) is 0 Å². The third kappa shape index (κ3) is 3.88. The number of hydrogen-bond donors (Lipinski definition) is 0. The molecule has 0 unspecified atom stereocenters. The van der Waals surface area contributed by atoms with Gasteiger partial charge in [0.15, 0.2) is 5.76 Å². The Balaban J connectivity index is 1.81. The second-order valence-corrected chi connectivity index (χ2v) is 6.00. The summed E-state index contributed by atoms with van der Waals surface area (Å²) in [5, 5.41) is 4.11. The smallest absolute Gasteiger partial charge is 0.320 e. The zero-order chi connectivity index (χ0) is 18.5. The van der Waals surface area contributed by atoms with Crippen LogP contribution in [0.15, 0.2) is 57.7 Å². The average Bonchev–Trinajstić information content (AvgIpc) is 3.32. The molecule has 3 aromatic rings. The Labute approximate surface area is 151 Å². The molecule has 2 heterocycles. The van der Waals surface area contributed by atoms with Gasteiger partial charge in [-0.3, -0.25) is 0 Å². The van der Waals surface area contributed by atoms with E-state index in [1.807, 2.05) is 36.4 Å². The Hall–Kier alpha value is -3.22. The molecule has 0 bridgehead atoms. The van der Waals surface area contributed by atoms with Gasteiger partial charge in [0.05, 0.1) is 32.0 Å². The van der Waals surface area contributed by atoms with Gasteiger partial charge in [-0.25, -0.2) is 4.79 Å². The predicted molar refractivity (Wildman–Crippen MR) is 95.5 cm³/mol. The van der Waals surface area contributed by atoms with Crippen molar-refractivity contribution in [3.63, 3.8) is 0 Å². The molecule has 3 rings (SSSR count). The summed E-state index contributed by atoms with van der Waals surface area (Å²) >= 11 is 0.